The van der Waals surface area contributed by atoms with Crippen LogP contribution in [0.3, 0.4) is 0 Å². The predicted molar refractivity (Wildman–Crippen MR) is 112 cm³/mol. The summed E-state index contributed by atoms with van der Waals surface area (Å²) >= 11 is 0. The van der Waals surface area contributed by atoms with Crippen LogP contribution in [0.15, 0.2) is 72.8 Å². The van der Waals surface area contributed by atoms with Crippen LogP contribution in [-0.4, -0.2) is 27.0 Å². The molecule has 0 radical (unpaired) electrons. The lowest BCUT2D eigenvalue weighted by atomic mass is 9.75. The molecule has 0 saturated carbocycles. The van der Waals surface area contributed by atoms with Gasteiger partial charge in [-0.15, -0.1) is 0 Å². The molecule has 3 aromatic carbocycles. The second kappa shape index (κ2) is 8.43. The van der Waals surface area contributed by atoms with Gasteiger partial charge in [0.25, 0.3) is 0 Å². The van der Waals surface area contributed by atoms with Crippen molar-refractivity contribution in [3.63, 3.8) is 0 Å². The maximum Gasteiger partial charge on any atom is 0.534 e. The van der Waals surface area contributed by atoms with E-state index >= 15 is 0 Å². The third kappa shape index (κ3) is 4.38. The normalized spacial score (nSPS) is 18.2. The van der Waals surface area contributed by atoms with Crippen LogP contribution >= 0.6 is 0 Å². The Balaban J connectivity index is 1.78. The summed E-state index contributed by atoms with van der Waals surface area (Å²) in [6.07, 6.45) is 0. The Bertz CT molecular complexity index is 1270. The van der Waals surface area contributed by atoms with Crippen molar-refractivity contribution in [1.29, 1.82) is 0 Å². The Hall–Kier alpha value is -3.53. The third-order valence-electron chi connectivity index (χ3n) is 5.24. The van der Waals surface area contributed by atoms with Crippen LogP contribution in [0.4, 0.5) is 13.2 Å². The minimum Gasteiger partial charge on any atom is -0.497 e. The summed E-state index contributed by atoms with van der Waals surface area (Å²) in [7, 11) is -4.32. The summed E-state index contributed by atoms with van der Waals surface area (Å²) < 4.78 is 75.4. The number of carbonyl (C=O) groups excluding carboxylic acids is 1. The summed E-state index contributed by atoms with van der Waals surface area (Å²) in [5.74, 6) is -1.51. The lowest BCUT2D eigenvalue weighted by Gasteiger charge is -2.33. The van der Waals surface area contributed by atoms with Crippen LogP contribution in [0.5, 0.6) is 17.2 Å². The molecule has 172 valence electrons. The van der Waals surface area contributed by atoms with Crippen molar-refractivity contribution in [2.24, 2.45) is 0 Å². The Morgan fingerprint density at radius 1 is 0.848 bits per heavy atom. The molecule has 33 heavy (non-hydrogen) atoms. The molecule has 0 aromatic heterocycles. The molecule has 2 unspecified atom stereocenters. The van der Waals surface area contributed by atoms with E-state index in [-0.39, 0.29) is 0 Å². The maximum atomic E-state index is 13.0. The predicted octanol–water partition coefficient (Wildman–Crippen LogP) is 4.76. The molecule has 0 fully saturated rings. The van der Waals surface area contributed by atoms with Gasteiger partial charge in [-0.1, -0.05) is 48.5 Å². The molecule has 4 rings (SSSR count). The van der Waals surface area contributed by atoms with Crippen LogP contribution in [-0.2, 0) is 14.9 Å². The highest BCUT2D eigenvalue weighted by molar-refractivity contribution is 7.88. The zero-order valence-corrected chi connectivity index (χ0v) is 17.9. The number of esters is 1. The van der Waals surface area contributed by atoms with Gasteiger partial charge in [0.1, 0.15) is 17.2 Å². The molecule has 1 aliphatic heterocycles. The van der Waals surface area contributed by atoms with Crippen LogP contribution in [0, 0.1) is 0 Å². The fraction of sp³-hybridized carbons (Fsp3) is 0.174. The zero-order chi connectivity index (χ0) is 23.8. The smallest absolute Gasteiger partial charge is 0.497 e. The van der Waals surface area contributed by atoms with E-state index in [0.717, 1.165) is 12.1 Å². The maximum absolute atomic E-state index is 13.0. The fourth-order valence-electron chi connectivity index (χ4n) is 3.74. The number of ether oxygens (including phenoxy) is 2. The van der Waals surface area contributed by atoms with Gasteiger partial charge in [0.05, 0.1) is 13.0 Å². The topological polar surface area (TPSA) is 78.9 Å². The van der Waals surface area contributed by atoms with E-state index in [0.29, 0.717) is 28.2 Å². The second-order valence-electron chi connectivity index (χ2n) is 7.24. The molecule has 1 heterocycles. The van der Waals surface area contributed by atoms with Gasteiger partial charge in [-0.25, -0.2) is 0 Å². The number of hydrogen-bond acceptors (Lipinski definition) is 6. The second-order valence-corrected chi connectivity index (χ2v) is 8.78. The summed E-state index contributed by atoms with van der Waals surface area (Å²) in [5, 5.41) is 0. The quantitative estimate of drug-likeness (QED) is 0.228. The Morgan fingerprint density at radius 3 is 2.06 bits per heavy atom. The SMILES string of the molecule is COc1ccc2c(c1)OC(=O)C(c1ccccc1)C2c1ccc(OS(=O)(=O)C(F)(F)F)cc1. The zero-order valence-electron chi connectivity index (χ0n) is 17.1. The molecular weight excluding hydrogens is 461 g/mol. The van der Waals surface area contributed by atoms with Gasteiger partial charge in [-0.3, -0.25) is 4.79 Å². The summed E-state index contributed by atoms with van der Waals surface area (Å²) in [5.41, 5.74) is -3.63. The van der Waals surface area contributed by atoms with E-state index in [1.807, 2.05) is 0 Å². The molecule has 1 aliphatic rings. The average Bonchev–Trinajstić information content (AvgIpc) is 2.78. The number of alkyl halides is 3. The highest BCUT2D eigenvalue weighted by atomic mass is 32.2. The van der Waals surface area contributed by atoms with Gasteiger partial charge >= 0.3 is 21.6 Å². The molecule has 6 nitrogen and oxygen atoms in total. The van der Waals surface area contributed by atoms with Crippen molar-refractivity contribution in [2.45, 2.75) is 17.3 Å². The molecule has 2 atom stereocenters. The number of benzene rings is 3. The van der Waals surface area contributed by atoms with Gasteiger partial charge in [-0.05, 0) is 29.3 Å². The Labute approximate surface area is 187 Å². The number of hydrogen-bond donors (Lipinski definition) is 0. The first-order chi connectivity index (χ1) is 15.6. The highest BCUT2D eigenvalue weighted by Crippen LogP contribution is 2.47. The fourth-order valence-corrected chi connectivity index (χ4v) is 4.20. The van der Waals surface area contributed by atoms with E-state index in [4.69, 9.17) is 9.47 Å². The van der Waals surface area contributed by atoms with Gasteiger partial charge < -0.3 is 13.7 Å². The highest BCUT2D eigenvalue weighted by Gasteiger charge is 2.48. The monoisotopic (exact) mass is 478 g/mol. The van der Waals surface area contributed by atoms with E-state index in [2.05, 4.69) is 4.18 Å². The average molecular weight is 478 g/mol. The van der Waals surface area contributed by atoms with E-state index in [1.165, 1.54) is 19.2 Å². The van der Waals surface area contributed by atoms with Crippen LogP contribution in [0.1, 0.15) is 28.5 Å². The lowest BCUT2D eigenvalue weighted by molar-refractivity contribution is -0.137. The number of carbonyl (C=O) groups is 1. The summed E-state index contributed by atoms with van der Waals surface area (Å²) in [6, 6.07) is 19.0. The molecule has 0 spiro atoms. The molecular formula is C23H17F3O6S. The first kappa shape index (κ1) is 22.7. The standard InChI is InChI=1S/C23H17F3O6S/c1-30-17-11-12-18-19(13-17)31-22(27)21(14-5-3-2-4-6-14)20(18)15-7-9-16(10-8-15)32-33(28,29)23(24,25)26/h2-13,20-21H,1H3. The number of rotatable bonds is 5. The number of halogens is 3. The minimum absolute atomic E-state index is 0.302. The van der Waals surface area contributed by atoms with Crippen molar-refractivity contribution in [3.8, 4) is 17.2 Å². The van der Waals surface area contributed by atoms with Gasteiger partial charge in [0.2, 0.25) is 0 Å². The molecule has 0 bridgehead atoms. The van der Waals surface area contributed by atoms with Crippen LogP contribution < -0.4 is 13.7 Å². The summed E-state index contributed by atoms with van der Waals surface area (Å²) in [6.45, 7) is 0. The lowest BCUT2D eigenvalue weighted by Crippen LogP contribution is -2.30. The van der Waals surface area contributed by atoms with Crippen molar-refractivity contribution in [3.05, 3.63) is 89.5 Å². The van der Waals surface area contributed by atoms with Gasteiger partial charge in [0, 0.05) is 17.5 Å². The minimum atomic E-state index is -5.80. The number of methoxy groups -OCH3 is 1. The molecule has 10 heteroatoms. The van der Waals surface area contributed by atoms with Gasteiger partial charge in [0.15, 0.2) is 0 Å². The third-order valence-corrected chi connectivity index (χ3v) is 6.22. The number of fused-ring (bicyclic) bond motifs is 1. The molecule has 0 saturated heterocycles. The Morgan fingerprint density at radius 2 is 1.45 bits per heavy atom. The first-order valence-electron chi connectivity index (χ1n) is 9.66. The molecule has 0 amide bonds. The summed E-state index contributed by atoms with van der Waals surface area (Å²) in [4.78, 5) is 13.0. The Kier molecular flexibility index (Phi) is 5.79. The molecule has 0 aliphatic carbocycles. The van der Waals surface area contributed by atoms with E-state index in [1.54, 1.807) is 48.5 Å². The van der Waals surface area contributed by atoms with Crippen molar-refractivity contribution >= 4 is 16.1 Å². The molecule has 3 aromatic rings. The van der Waals surface area contributed by atoms with Crippen molar-refractivity contribution < 1.29 is 40.0 Å². The van der Waals surface area contributed by atoms with Crippen LogP contribution in [0.2, 0.25) is 0 Å². The first-order valence-corrected chi connectivity index (χ1v) is 11.1. The largest absolute Gasteiger partial charge is 0.534 e. The van der Waals surface area contributed by atoms with Gasteiger partial charge in [-0.2, -0.15) is 21.6 Å². The van der Waals surface area contributed by atoms with Crippen LogP contribution in [0.25, 0.3) is 0 Å². The van der Waals surface area contributed by atoms with Crippen molar-refractivity contribution in [1.82, 2.24) is 0 Å². The van der Waals surface area contributed by atoms with Crippen molar-refractivity contribution in [2.75, 3.05) is 7.11 Å². The van der Waals surface area contributed by atoms with E-state index in [9.17, 15) is 26.4 Å². The molecule has 0 N–H and O–H groups in total. The van der Waals surface area contributed by atoms with E-state index < -0.39 is 39.2 Å².